The van der Waals surface area contributed by atoms with Gasteiger partial charge in [-0.2, -0.15) is 0 Å². The van der Waals surface area contributed by atoms with Crippen LogP contribution in [0.2, 0.25) is 0 Å². The van der Waals surface area contributed by atoms with Gasteiger partial charge in [-0.3, -0.25) is 9.59 Å². The summed E-state index contributed by atoms with van der Waals surface area (Å²) in [6, 6.07) is -0.535. The van der Waals surface area contributed by atoms with Gasteiger partial charge in [-0.25, -0.2) is 0 Å². The lowest BCUT2D eigenvalue weighted by Gasteiger charge is -2.22. The molecule has 0 saturated carbocycles. The van der Waals surface area contributed by atoms with E-state index < -0.39 is 12.1 Å². The second-order valence-electron chi connectivity index (χ2n) is 23.9. The summed E-state index contributed by atoms with van der Waals surface area (Å²) in [7, 11) is 0. The Hall–Kier alpha value is -1.14. The van der Waals surface area contributed by atoms with Crippen molar-refractivity contribution in [3.63, 3.8) is 0 Å². The monoisotopic (exact) mass is 1050 g/mol. The summed E-state index contributed by atoms with van der Waals surface area (Å²) >= 11 is 0. The molecular weight excluding hydrogens is 911 g/mol. The number of ether oxygens (including phenoxy) is 1. The van der Waals surface area contributed by atoms with Gasteiger partial charge in [0.15, 0.2) is 0 Å². The van der Waals surface area contributed by atoms with Crippen LogP contribution >= 0.6 is 0 Å². The smallest absolute Gasteiger partial charge is 0.305 e. The van der Waals surface area contributed by atoms with E-state index in [1.54, 1.807) is 0 Å². The molecule has 442 valence electrons. The van der Waals surface area contributed by atoms with Crippen LogP contribution < -0.4 is 5.32 Å². The van der Waals surface area contributed by atoms with E-state index in [0.717, 1.165) is 38.5 Å². The van der Waals surface area contributed by atoms with E-state index in [0.29, 0.717) is 25.9 Å². The van der Waals surface area contributed by atoms with Gasteiger partial charge in [0.1, 0.15) is 0 Å². The Balaban J connectivity index is 3.28. The standard InChI is InChI=1S/C68H135NO5/c1-3-5-7-9-11-13-15-16-38-42-46-50-54-58-62-68(73)74-63-59-55-51-47-43-39-36-34-32-30-28-26-24-22-20-18-17-19-21-23-25-27-29-31-33-35-37-41-45-49-53-57-61-67(72)69-65(64-70)66(71)60-56-52-48-44-40-14-12-10-8-6-4-2/h65-66,70-71H,3-64H2,1-2H3,(H,69,72). The van der Waals surface area contributed by atoms with Crippen LogP contribution in [0.15, 0.2) is 0 Å². The number of rotatable bonds is 65. The van der Waals surface area contributed by atoms with Gasteiger partial charge in [0.2, 0.25) is 5.91 Å². The molecule has 0 radical (unpaired) electrons. The van der Waals surface area contributed by atoms with E-state index in [2.05, 4.69) is 19.2 Å². The third-order valence-electron chi connectivity index (χ3n) is 16.4. The van der Waals surface area contributed by atoms with Crippen LogP contribution in [-0.2, 0) is 14.3 Å². The molecule has 0 aliphatic heterocycles. The fourth-order valence-electron chi connectivity index (χ4n) is 11.2. The van der Waals surface area contributed by atoms with Crippen molar-refractivity contribution in [2.75, 3.05) is 13.2 Å². The summed E-state index contributed by atoms with van der Waals surface area (Å²) in [6.45, 7) is 4.98. The molecule has 1 amide bonds. The summed E-state index contributed by atoms with van der Waals surface area (Å²) in [5.74, 6) is -0.00448. The topological polar surface area (TPSA) is 95.9 Å². The number of carbonyl (C=O) groups is 2. The van der Waals surface area contributed by atoms with Gasteiger partial charge in [-0.15, -0.1) is 0 Å². The lowest BCUT2D eigenvalue weighted by atomic mass is 10.0. The SMILES string of the molecule is CCCCCCCCCCCCCCCCC(=O)OCCCCCCCCCCCCCCCCCCCCCCCCCCCCCCCCCCC(=O)NC(CO)C(O)CCCCCCCCCCCCC. The van der Waals surface area contributed by atoms with Crippen molar-refractivity contribution in [2.45, 2.75) is 411 Å². The molecule has 0 bridgehead atoms. The second-order valence-corrected chi connectivity index (χ2v) is 23.9. The molecular formula is C68H135NO5. The molecule has 6 nitrogen and oxygen atoms in total. The first-order chi connectivity index (χ1) is 36.5. The van der Waals surface area contributed by atoms with E-state index in [-0.39, 0.29) is 18.5 Å². The van der Waals surface area contributed by atoms with Gasteiger partial charge in [0.05, 0.1) is 25.4 Å². The van der Waals surface area contributed by atoms with Crippen molar-refractivity contribution >= 4 is 11.9 Å². The van der Waals surface area contributed by atoms with Crippen LogP contribution in [0.25, 0.3) is 0 Å². The number of aliphatic hydroxyl groups excluding tert-OH is 2. The van der Waals surface area contributed by atoms with Gasteiger partial charge in [-0.05, 0) is 25.7 Å². The number of nitrogens with one attached hydrogen (secondary N) is 1. The zero-order valence-electron chi connectivity index (χ0n) is 50.6. The van der Waals surface area contributed by atoms with Crippen molar-refractivity contribution in [1.82, 2.24) is 5.32 Å². The number of carbonyl (C=O) groups excluding carboxylic acids is 2. The molecule has 2 atom stereocenters. The predicted molar refractivity (Wildman–Crippen MR) is 324 cm³/mol. The normalized spacial score (nSPS) is 12.4. The zero-order chi connectivity index (χ0) is 53.6. The molecule has 2 unspecified atom stereocenters. The van der Waals surface area contributed by atoms with Crippen molar-refractivity contribution in [3.05, 3.63) is 0 Å². The molecule has 0 heterocycles. The Kier molecular flexibility index (Phi) is 63.4. The average molecular weight is 1050 g/mol. The maximum absolute atomic E-state index is 12.5. The van der Waals surface area contributed by atoms with Crippen LogP contribution in [0.4, 0.5) is 0 Å². The second kappa shape index (κ2) is 64.4. The largest absolute Gasteiger partial charge is 0.466 e. The zero-order valence-corrected chi connectivity index (χ0v) is 50.6. The van der Waals surface area contributed by atoms with E-state index >= 15 is 0 Å². The summed E-state index contributed by atoms with van der Waals surface area (Å²) in [4.78, 5) is 24.5. The molecule has 6 heteroatoms. The first kappa shape index (κ1) is 72.9. The van der Waals surface area contributed by atoms with Crippen LogP contribution in [0, 0.1) is 0 Å². The highest BCUT2D eigenvalue weighted by Crippen LogP contribution is 2.19. The predicted octanol–water partition coefficient (Wildman–Crippen LogP) is 21.8. The van der Waals surface area contributed by atoms with E-state index in [1.807, 2.05) is 0 Å². The Morgan fingerprint density at radius 3 is 0.824 bits per heavy atom. The molecule has 0 aromatic rings. The van der Waals surface area contributed by atoms with Crippen molar-refractivity contribution in [2.24, 2.45) is 0 Å². The Labute approximate surface area is 464 Å². The fraction of sp³-hybridized carbons (Fsp3) is 0.971. The molecule has 0 aliphatic rings. The maximum Gasteiger partial charge on any atom is 0.305 e. The highest BCUT2D eigenvalue weighted by molar-refractivity contribution is 5.76. The minimum absolute atomic E-state index is 0.0244. The summed E-state index contributed by atoms with van der Waals surface area (Å²) in [5, 5.41) is 23.2. The lowest BCUT2D eigenvalue weighted by molar-refractivity contribution is -0.143. The number of aliphatic hydroxyl groups is 2. The molecule has 0 aromatic carbocycles. The van der Waals surface area contributed by atoms with E-state index in [1.165, 1.54) is 327 Å². The van der Waals surface area contributed by atoms with Gasteiger partial charge in [0, 0.05) is 12.8 Å². The highest BCUT2D eigenvalue weighted by atomic mass is 16.5. The summed E-state index contributed by atoms with van der Waals surface area (Å²) in [6.07, 6.45) is 77.3. The van der Waals surface area contributed by atoms with E-state index in [4.69, 9.17) is 4.74 Å². The first-order valence-corrected chi connectivity index (χ1v) is 34.3. The number of unbranched alkanes of at least 4 members (excludes halogenated alkanes) is 54. The Bertz CT molecular complexity index is 1070. The highest BCUT2D eigenvalue weighted by Gasteiger charge is 2.20. The van der Waals surface area contributed by atoms with Crippen molar-refractivity contribution in [3.8, 4) is 0 Å². The summed E-state index contributed by atoms with van der Waals surface area (Å²) < 4.78 is 5.50. The lowest BCUT2D eigenvalue weighted by Crippen LogP contribution is -2.45. The van der Waals surface area contributed by atoms with Crippen LogP contribution in [0.1, 0.15) is 399 Å². The maximum atomic E-state index is 12.5. The molecule has 0 fully saturated rings. The van der Waals surface area contributed by atoms with Crippen molar-refractivity contribution in [1.29, 1.82) is 0 Å². The quantitative estimate of drug-likeness (QED) is 0.0417. The fourth-order valence-corrected chi connectivity index (χ4v) is 11.2. The Morgan fingerprint density at radius 2 is 0.554 bits per heavy atom. The van der Waals surface area contributed by atoms with Gasteiger partial charge in [0.25, 0.3) is 0 Å². The molecule has 3 N–H and O–H groups in total. The molecule has 0 saturated heterocycles. The van der Waals surface area contributed by atoms with Gasteiger partial charge >= 0.3 is 5.97 Å². The summed E-state index contributed by atoms with van der Waals surface area (Å²) in [5.41, 5.74) is 0. The van der Waals surface area contributed by atoms with Crippen LogP contribution in [0.3, 0.4) is 0 Å². The number of hydrogen-bond acceptors (Lipinski definition) is 5. The minimum atomic E-state index is -0.658. The third-order valence-corrected chi connectivity index (χ3v) is 16.4. The van der Waals surface area contributed by atoms with Crippen LogP contribution in [-0.4, -0.2) is 47.4 Å². The number of hydrogen-bond donors (Lipinski definition) is 3. The number of esters is 1. The average Bonchev–Trinajstić information content (AvgIpc) is 3.40. The minimum Gasteiger partial charge on any atom is -0.466 e. The third kappa shape index (κ3) is 60.1. The Morgan fingerprint density at radius 1 is 0.324 bits per heavy atom. The molecule has 0 aromatic heterocycles. The molecule has 0 aliphatic carbocycles. The number of amides is 1. The molecule has 0 rings (SSSR count). The molecule has 0 spiro atoms. The van der Waals surface area contributed by atoms with E-state index in [9.17, 15) is 19.8 Å². The first-order valence-electron chi connectivity index (χ1n) is 34.3. The van der Waals surface area contributed by atoms with Gasteiger partial charge < -0.3 is 20.3 Å². The van der Waals surface area contributed by atoms with Crippen LogP contribution in [0.5, 0.6) is 0 Å². The molecule has 74 heavy (non-hydrogen) atoms. The van der Waals surface area contributed by atoms with Gasteiger partial charge in [-0.1, -0.05) is 361 Å². The van der Waals surface area contributed by atoms with Crippen molar-refractivity contribution < 1.29 is 24.5 Å².